The fraction of sp³-hybridized carbons (Fsp3) is 0.250. The number of hydrogen-bond acceptors (Lipinski definition) is 3. The van der Waals surface area contributed by atoms with Crippen LogP contribution < -0.4 is 10.4 Å². The van der Waals surface area contributed by atoms with Gasteiger partial charge < -0.3 is 9.15 Å². The summed E-state index contributed by atoms with van der Waals surface area (Å²) in [6.07, 6.45) is 2.55. The van der Waals surface area contributed by atoms with E-state index in [9.17, 15) is 13.6 Å². The van der Waals surface area contributed by atoms with E-state index in [4.69, 9.17) is 9.15 Å². The number of fused-ring (bicyclic) bond motifs is 3. The molecule has 5 heteroatoms. The van der Waals surface area contributed by atoms with Crippen LogP contribution >= 0.6 is 0 Å². The van der Waals surface area contributed by atoms with Crippen molar-refractivity contribution in [2.24, 2.45) is 0 Å². The zero-order valence-corrected chi connectivity index (χ0v) is 13.7. The van der Waals surface area contributed by atoms with Crippen molar-refractivity contribution in [3.8, 4) is 5.75 Å². The highest BCUT2D eigenvalue weighted by Crippen LogP contribution is 2.33. The molecule has 0 atom stereocenters. The van der Waals surface area contributed by atoms with Gasteiger partial charge in [-0.25, -0.2) is 13.6 Å². The van der Waals surface area contributed by atoms with Gasteiger partial charge in [0.2, 0.25) is 0 Å². The lowest BCUT2D eigenvalue weighted by Crippen LogP contribution is -2.08. The van der Waals surface area contributed by atoms with Crippen LogP contribution in [-0.2, 0) is 19.4 Å². The van der Waals surface area contributed by atoms with Crippen molar-refractivity contribution < 1.29 is 17.9 Å². The van der Waals surface area contributed by atoms with Crippen molar-refractivity contribution in [2.45, 2.75) is 32.8 Å². The minimum absolute atomic E-state index is 0.127. The van der Waals surface area contributed by atoms with Crippen molar-refractivity contribution >= 4 is 11.0 Å². The van der Waals surface area contributed by atoms with Crippen LogP contribution in [0.2, 0.25) is 0 Å². The number of halogens is 2. The van der Waals surface area contributed by atoms with Crippen LogP contribution in [0.4, 0.5) is 8.78 Å². The van der Waals surface area contributed by atoms with Crippen molar-refractivity contribution in [3.63, 3.8) is 0 Å². The molecule has 0 saturated heterocycles. The van der Waals surface area contributed by atoms with E-state index in [-0.39, 0.29) is 17.8 Å². The molecule has 3 nitrogen and oxygen atoms in total. The highest BCUT2D eigenvalue weighted by molar-refractivity contribution is 5.86. The molecule has 4 rings (SSSR count). The Hall–Kier alpha value is -2.69. The van der Waals surface area contributed by atoms with E-state index in [2.05, 4.69) is 0 Å². The standard InChI is InChI=1S/C20H16F2O3/c1-11-18(24-10-15-16(21)6-3-7-17(15)22)9-8-13-12-4-2-5-14(12)20(23)25-19(11)13/h3,6-9H,2,4-5,10H2,1H3. The first-order valence-corrected chi connectivity index (χ1v) is 8.20. The van der Waals surface area contributed by atoms with E-state index in [1.54, 1.807) is 13.0 Å². The minimum atomic E-state index is -0.650. The lowest BCUT2D eigenvalue weighted by molar-refractivity contribution is 0.290. The fourth-order valence-electron chi connectivity index (χ4n) is 3.44. The molecule has 0 amide bonds. The van der Waals surface area contributed by atoms with Crippen LogP contribution in [0.3, 0.4) is 0 Å². The van der Waals surface area contributed by atoms with E-state index in [0.717, 1.165) is 35.8 Å². The van der Waals surface area contributed by atoms with Gasteiger partial charge in [-0.2, -0.15) is 0 Å². The van der Waals surface area contributed by atoms with Crippen LogP contribution in [-0.4, -0.2) is 0 Å². The summed E-state index contributed by atoms with van der Waals surface area (Å²) < 4.78 is 38.6. The molecule has 0 aliphatic heterocycles. The van der Waals surface area contributed by atoms with E-state index >= 15 is 0 Å². The van der Waals surface area contributed by atoms with E-state index in [1.807, 2.05) is 6.07 Å². The average molecular weight is 342 g/mol. The summed E-state index contributed by atoms with van der Waals surface area (Å²) in [5, 5.41) is 0.911. The largest absolute Gasteiger partial charge is 0.488 e. The number of aryl methyl sites for hydroxylation is 2. The van der Waals surface area contributed by atoms with Gasteiger partial charge >= 0.3 is 5.63 Å². The smallest absolute Gasteiger partial charge is 0.339 e. The van der Waals surface area contributed by atoms with Crippen LogP contribution in [0.15, 0.2) is 39.5 Å². The van der Waals surface area contributed by atoms with Gasteiger partial charge in [0.15, 0.2) is 0 Å². The molecule has 0 N–H and O–H groups in total. The summed E-state index contributed by atoms with van der Waals surface area (Å²) in [6.45, 7) is 1.54. The van der Waals surface area contributed by atoms with Crippen LogP contribution in [0, 0.1) is 18.6 Å². The second kappa shape index (κ2) is 5.99. The predicted molar refractivity (Wildman–Crippen MR) is 89.9 cm³/mol. The molecule has 128 valence electrons. The molecule has 1 heterocycles. The van der Waals surface area contributed by atoms with Crippen LogP contribution in [0.25, 0.3) is 11.0 Å². The zero-order chi connectivity index (χ0) is 17.6. The first-order chi connectivity index (χ1) is 12.1. The molecule has 0 unspecified atom stereocenters. The first-order valence-electron chi connectivity index (χ1n) is 8.20. The van der Waals surface area contributed by atoms with Gasteiger partial charge in [0.25, 0.3) is 0 Å². The van der Waals surface area contributed by atoms with Crippen molar-refractivity contribution in [2.75, 3.05) is 0 Å². The lowest BCUT2D eigenvalue weighted by atomic mass is 10.0. The van der Waals surface area contributed by atoms with Crippen LogP contribution in [0.1, 0.15) is 28.7 Å². The van der Waals surface area contributed by atoms with Crippen LogP contribution in [0.5, 0.6) is 5.75 Å². The van der Waals surface area contributed by atoms with E-state index in [1.165, 1.54) is 18.2 Å². The third-order valence-electron chi connectivity index (χ3n) is 4.77. The monoisotopic (exact) mass is 342 g/mol. The topological polar surface area (TPSA) is 39.4 Å². The molecule has 1 aliphatic rings. The first kappa shape index (κ1) is 15.8. The van der Waals surface area contributed by atoms with Gasteiger partial charge in [-0.1, -0.05) is 6.07 Å². The molecule has 3 aromatic rings. The molecule has 2 aromatic carbocycles. The Morgan fingerprint density at radius 3 is 2.56 bits per heavy atom. The van der Waals surface area contributed by atoms with Crippen molar-refractivity contribution in [1.82, 2.24) is 0 Å². The molecule has 0 saturated carbocycles. The number of ether oxygens (including phenoxy) is 1. The summed E-state index contributed by atoms with van der Waals surface area (Å²) in [7, 11) is 0. The van der Waals surface area contributed by atoms with Gasteiger partial charge in [-0.05, 0) is 56.0 Å². The Morgan fingerprint density at radius 1 is 1.08 bits per heavy atom. The zero-order valence-electron chi connectivity index (χ0n) is 13.7. The van der Waals surface area contributed by atoms with Gasteiger partial charge in [-0.15, -0.1) is 0 Å². The maximum absolute atomic E-state index is 13.7. The number of hydrogen-bond donors (Lipinski definition) is 0. The predicted octanol–water partition coefficient (Wildman–Crippen LogP) is 4.45. The normalized spacial score (nSPS) is 13.2. The average Bonchev–Trinajstić information content (AvgIpc) is 3.07. The fourth-order valence-corrected chi connectivity index (χ4v) is 3.44. The van der Waals surface area contributed by atoms with Gasteiger partial charge in [-0.3, -0.25) is 0 Å². The minimum Gasteiger partial charge on any atom is -0.488 e. The Bertz CT molecular complexity index is 1020. The summed E-state index contributed by atoms with van der Waals surface area (Å²) in [5.41, 5.74) is 2.51. The maximum Gasteiger partial charge on any atom is 0.339 e. The van der Waals surface area contributed by atoms with Gasteiger partial charge in [0, 0.05) is 16.5 Å². The number of benzene rings is 2. The van der Waals surface area contributed by atoms with Crippen molar-refractivity contribution in [1.29, 1.82) is 0 Å². The molecule has 0 spiro atoms. The molecule has 0 bridgehead atoms. The summed E-state index contributed by atoms with van der Waals surface area (Å²) in [5.74, 6) is -0.859. The number of rotatable bonds is 3. The van der Waals surface area contributed by atoms with Gasteiger partial charge in [0.05, 0.1) is 5.56 Å². The van der Waals surface area contributed by atoms with Gasteiger partial charge in [0.1, 0.15) is 29.6 Å². The Kier molecular flexibility index (Phi) is 3.79. The second-order valence-electron chi connectivity index (χ2n) is 6.25. The molecule has 0 fully saturated rings. The summed E-state index contributed by atoms with van der Waals surface area (Å²) >= 11 is 0. The molecular weight excluding hydrogens is 326 g/mol. The SMILES string of the molecule is Cc1c(OCc2c(F)cccc2F)ccc2c3c(c(=O)oc12)CCC3. The Morgan fingerprint density at radius 2 is 1.80 bits per heavy atom. The molecule has 1 aliphatic carbocycles. The third-order valence-corrected chi connectivity index (χ3v) is 4.77. The Labute approximate surface area is 142 Å². The molecule has 25 heavy (non-hydrogen) atoms. The third kappa shape index (κ3) is 2.60. The van der Waals surface area contributed by atoms with E-state index < -0.39 is 11.6 Å². The van der Waals surface area contributed by atoms with Crippen molar-refractivity contribution in [3.05, 3.63) is 74.6 Å². The quantitative estimate of drug-likeness (QED) is 0.660. The highest BCUT2D eigenvalue weighted by atomic mass is 19.1. The highest BCUT2D eigenvalue weighted by Gasteiger charge is 2.21. The maximum atomic E-state index is 13.7. The molecule has 0 radical (unpaired) electrons. The Balaban J connectivity index is 1.73. The molecular formula is C20H16F2O3. The molecule has 1 aromatic heterocycles. The second-order valence-corrected chi connectivity index (χ2v) is 6.25. The summed E-state index contributed by atoms with van der Waals surface area (Å²) in [4.78, 5) is 12.2. The lowest BCUT2D eigenvalue weighted by Gasteiger charge is -2.13. The van der Waals surface area contributed by atoms with E-state index in [0.29, 0.717) is 16.9 Å². The summed E-state index contributed by atoms with van der Waals surface area (Å²) in [6, 6.07) is 7.30.